The fourth-order valence-corrected chi connectivity index (χ4v) is 5.40. The minimum atomic E-state index is -5.06. The molecule has 19 heteroatoms. The van der Waals surface area contributed by atoms with E-state index in [0.29, 0.717) is 6.07 Å². The molecule has 4 heterocycles. The number of fused-ring (bicyclic) bond motifs is 1. The van der Waals surface area contributed by atoms with Gasteiger partial charge in [0.15, 0.2) is 11.6 Å². The molecule has 1 aliphatic rings. The Balaban J connectivity index is 1.66. The lowest BCUT2D eigenvalue weighted by Gasteiger charge is -2.18. The third kappa shape index (κ3) is 5.68. The molecule has 0 spiro atoms. The van der Waals surface area contributed by atoms with Crippen LogP contribution in [0.25, 0.3) is 16.8 Å². The summed E-state index contributed by atoms with van der Waals surface area (Å²) < 4.78 is 123. The van der Waals surface area contributed by atoms with Crippen LogP contribution in [0.1, 0.15) is 15.9 Å². The number of hydrogen-bond donors (Lipinski definition) is 2. The van der Waals surface area contributed by atoms with E-state index in [2.05, 4.69) is 20.4 Å². The summed E-state index contributed by atoms with van der Waals surface area (Å²) in [5.74, 6) is -4.07. The number of hydrogen-bond acceptors (Lipinski definition) is 8. The number of rotatable bonds is 6. The van der Waals surface area contributed by atoms with Crippen molar-refractivity contribution >= 4 is 27.3 Å². The SMILES string of the molecule is COc1ncc(-c2cc(C(F)(F)F)c3c(N)ncnn23)cc1C(=O)N[C@@H]1CN(S(=O)(=O)CC(F)(F)F)C[C@@H]1F. The molecule has 2 atom stereocenters. The van der Waals surface area contributed by atoms with E-state index in [1.54, 1.807) is 0 Å². The Kier molecular flexibility index (Phi) is 7.09. The molecule has 11 nitrogen and oxygen atoms in total. The quantitative estimate of drug-likeness (QED) is 0.419. The lowest BCUT2D eigenvalue weighted by atomic mass is 10.1. The predicted molar refractivity (Wildman–Crippen MR) is 120 cm³/mol. The fraction of sp³-hybridized carbons (Fsp3) is 0.400. The molecule has 1 aliphatic heterocycles. The lowest BCUT2D eigenvalue weighted by Crippen LogP contribution is -2.42. The second-order valence-corrected chi connectivity index (χ2v) is 10.4. The molecule has 212 valence electrons. The zero-order chi connectivity index (χ0) is 28.9. The average molecular weight is 585 g/mol. The zero-order valence-corrected chi connectivity index (χ0v) is 20.4. The number of amides is 1. The van der Waals surface area contributed by atoms with Crippen molar-refractivity contribution in [3.05, 3.63) is 35.8 Å². The predicted octanol–water partition coefficient (Wildman–Crippen LogP) is 2.05. The minimum absolute atomic E-state index is 0.0675. The van der Waals surface area contributed by atoms with Gasteiger partial charge in [-0.1, -0.05) is 0 Å². The topological polar surface area (TPSA) is 145 Å². The van der Waals surface area contributed by atoms with Crippen LogP contribution in [0.5, 0.6) is 5.88 Å². The molecule has 0 aromatic carbocycles. The van der Waals surface area contributed by atoms with E-state index in [1.807, 2.05) is 0 Å². The van der Waals surface area contributed by atoms with Gasteiger partial charge < -0.3 is 15.8 Å². The van der Waals surface area contributed by atoms with Gasteiger partial charge in [-0.05, 0) is 12.1 Å². The van der Waals surface area contributed by atoms with E-state index in [1.165, 1.54) is 0 Å². The van der Waals surface area contributed by atoms with Gasteiger partial charge in [0.2, 0.25) is 15.9 Å². The summed E-state index contributed by atoms with van der Waals surface area (Å²) in [7, 11) is -3.79. The van der Waals surface area contributed by atoms with Crippen LogP contribution in [0.4, 0.5) is 36.6 Å². The standard InChI is InChI=1S/C20H18F7N7O4S/c1-38-18-10(17(35)32-13-6-33(5-12(13)21)39(36,37)7-19(22,23)24)2-9(4-29-18)14-3-11(20(25,26)27)15-16(28)30-8-31-34(14)15/h2-4,8,12-13H,5-7H2,1H3,(H,32,35)(H2,28,30,31)/t12-,13+/m0/s1. The third-order valence-electron chi connectivity index (χ3n) is 5.74. The van der Waals surface area contributed by atoms with Crippen molar-refractivity contribution < 1.29 is 48.7 Å². The number of pyridine rings is 1. The van der Waals surface area contributed by atoms with Crippen molar-refractivity contribution in [2.45, 2.75) is 24.6 Å². The van der Waals surface area contributed by atoms with Gasteiger partial charge in [-0.25, -0.2) is 27.3 Å². The number of nitrogens with two attached hydrogens (primary N) is 1. The van der Waals surface area contributed by atoms with Crippen LogP contribution in [-0.4, -0.2) is 82.6 Å². The Hall–Kier alpha value is -3.74. The van der Waals surface area contributed by atoms with E-state index in [4.69, 9.17) is 10.5 Å². The number of anilines is 1. The molecule has 3 aromatic heterocycles. The molecule has 0 radical (unpaired) electrons. The number of carbonyl (C=O) groups is 1. The maximum atomic E-state index is 14.5. The number of carbonyl (C=O) groups excluding carboxylic acids is 1. The Bertz CT molecular complexity index is 1530. The molecular weight excluding hydrogens is 567 g/mol. The Labute approximate surface area is 214 Å². The second kappa shape index (κ2) is 9.78. The fourth-order valence-electron chi connectivity index (χ4n) is 4.04. The van der Waals surface area contributed by atoms with E-state index < -0.39 is 76.2 Å². The minimum Gasteiger partial charge on any atom is -0.480 e. The zero-order valence-electron chi connectivity index (χ0n) is 19.6. The van der Waals surface area contributed by atoms with Crippen LogP contribution < -0.4 is 15.8 Å². The highest BCUT2D eigenvalue weighted by molar-refractivity contribution is 7.89. The average Bonchev–Trinajstić information content (AvgIpc) is 3.39. The van der Waals surface area contributed by atoms with Crippen LogP contribution in [-0.2, 0) is 16.2 Å². The number of aromatic nitrogens is 4. The number of alkyl halides is 7. The summed E-state index contributed by atoms with van der Waals surface area (Å²) in [6.45, 7) is -1.70. The molecule has 1 amide bonds. The molecule has 3 N–H and O–H groups in total. The van der Waals surface area contributed by atoms with Crippen LogP contribution in [0.3, 0.4) is 0 Å². The van der Waals surface area contributed by atoms with Crippen molar-refractivity contribution in [1.29, 1.82) is 0 Å². The van der Waals surface area contributed by atoms with Crippen molar-refractivity contribution in [2.75, 3.05) is 31.7 Å². The molecule has 1 fully saturated rings. The van der Waals surface area contributed by atoms with Crippen LogP contribution in [0.15, 0.2) is 24.7 Å². The highest BCUT2D eigenvalue weighted by Crippen LogP contribution is 2.39. The van der Waals surface area contributed by atoms with Crippen molar-refractivity contribution in [3.63, 3.8) is 0 Å². The van der Waals surface area contributed by atoms with Crippen LogP contribution in [0.2, 0.25) is 0 Å². The van der Waals surface area contributed by atoms with Gasteiger partial charge >= 0.3 is 12.4 Å². The Morgan fingerprint density at radius 3 is 2.49 bits per heavy atom. The van der Waals surface area contributed by atoms with E-state index in [9.17, 15) is 43.9 Å². The lowest BCUT2D eigenvalue weighted by molar-refractivity contribution is -0.136. The summed E-state index contributed by atoms with van der Waals surface area (Å²) in [5, 5.41) is 5.98. The summed E-state index contributed by atoms with van der Waals surface area (Å²) in [4.78, 5) is 20.5. The molecule has 3 aromatic rings. The molecule has 39 heavy (non-hydrogen) atoms. The number of halogens is 7. The van der Waals surface area contributed by atoms with Crippen molar-refractivity contribution in [1.82, 2.24) is 29.2 Å². The maximum absolute atomic E-state index is 14.5. The van der Waals surface area contributed by atoms with Gasteiger partial charge in [-0.2, -0.15) is 35.7 Å². The molecule has 0 unspecified atom stereocenters. The van der Waals surface area contributed by atoms with E-state index in [-0.39, 0.29) is 27.0 Å². The molecule has 0 bridgehead atoms. The molecule has 0 aliphatic carbocycles. The van der Waals surface area contributed by atoms with Crippen LogP contribution >= 0.6 is 0 Å². The smallest absolute Gasteiger partial charge is 0.418 e. The second-order valence-electron chi connectivity index (χ2n) is 8.41. The number of methoxy groups -OCH3 is 1. The number of sulfonamides is 1. The Morgan fingerprint density at radius 1 is 1.18 bits per heavy atom. The van der Waals surface area contributed by atoms with Crippen LogP contribution in [0, 0.1) is 0 Å². The highest BCUT2D eigenvalue weighted by Gasteiger charge is 2.45. The number of nitrogen functional groups attached to an aromatic ring is 1. The first-order valence-corrected chi connectivity index (χ1v) is 12.4. The van der Waals surface area contributed by atoms with Crippen molar-refractivity contribution in [3.8, 4) is 17.1 Å². The van der Waals surface area contributed by atoms with Gasteiger partial charge in [-0.3, -0.25) is 4.79 Å². The van der Waals surface area contributed by atoms with Gasteiger partial charge in [0.1, 0.15) is 23.6 Å². The maximum Gasteiger partial charge on any atom is 0.418 e. The van der Waals surface area contributed by atoms with E-state index in [0.717, 1.165) is 30.2 Å². The van der Waals surface area contributed by atoms with E-state index >= 15 is 0 Å². The first-order chi connectivity index (χ1) is 18.0. The van der Waals surface area contributed by atoms with Gasteiger partial charge in [0, 0.05) is 24.8 Å². The monoisotopic (exact) mass is 585 g/mol. The third-order valence-corrected chi connectivity index (χ3v) is 7.52. The Morgan fingerprint density at radius 2 is 1.87 bits per heavy atom. The summed E-state index contributed by atoms with van der Waals surface area (Å²) in [6.07, 6.45) is -9.97. The van der Waals surface area contributed by atoms with Crippen molar-refractivity contribution in [2.24, 2.45) is 0 Å². The normalized spacial score (nSPS) is 19.0. The summed E-state index contributed by atoms with van der Waals surface area (Å²) in [5.41, 5.74) is 3.28. The van der Waals surface area contributed by atoms with Gasteiger partial charge in [0.25, 0.3) is 5.91 Å². The number of nitrogens with one attached hydrogen (secondary N) is 1. The number of nitrogens with zero attached hydrogens (tertiary/aromatic N) is 5. The molecule has 0 saturated carbocycles. The summed E-state index contributed by atoms with van der Waals surface area (Å²) in [6, 6.07) is 0.248. The molecule has 4 rings (SSSR count). The number of ether oxygens (including phenoxy) is 1. The largest absolute Gasteiger partial charge is 0.480 e. The summed E-state index contributed by atoms with van der Waals surface area (Å²) >= 11 is 0. The molecular formula is C20H18F7N7O4S. The highest BCUT2D eigenvalue weighted by atomic mass is 32.2. The first-order valence-electron chi connectivity index (χ1n) is 10.7. The first kappa shape index (κ1) is 28.3. The molecule has 1 saturated heterocycles. The van der Waals surface area contributed by atoms with Gasteiger partial charge in [-0.15, -0.1) is 0 Å². The van der Waals surface area contributed by atoms with Gasteiger partial charge in [0.05, 0.1) is 24.4 Å².